The predicted molar refractivity (Wildman–Crippen MR) is 261 cm³/mol. The van der Waals surface area contributed by atoms with E-state index in [-0.39, 0.29) is 78.2 Å². The largest absolute Gasteiger partial charge is 0.465 e. The SMILES string of the molecule is CCOC(=O)C1(C(=O)OCC)Cc2cc3cc4c5cc6cc7c(cc6cc5c5cc6cc8c(cc6cc5c4cc3cc2C1)CC(C(=O)OCC)(C(=O)OCC)C8)CC(C(=O)OCC)(C(=O)OCC)C7. The number of hydrogen-bond donors (Lipinski definition) is 0. The molecule has 0 saturated carbocycles. The molecule has 12 heteroatoms. The maximum absolute atomic E-state index is 13.6. The van der Waals surface area contributed by atoms with Gasteiger partial charge in [-0.25, -0.2) is 0 Å². The minimum atomic E-state index is -1.49. The molecule has 0 atom stereocenters. The molecule has 0 bridgehead atoms. The number of esters is 6. The lowest BCUT2D eigenvalue weighted by atomic mass is 9.84. The fourth-order valence-electron chi connectivity index (χ4n) is 11.5. The minimum absolute atomic E-state index is 0.133. The van der Waals surface area contributed by atoms with Crippen LogP contribution in [0.2, 0.25) is 0 Å². The van der Waals surface area contributed by atoms with Crippen molar-refractivity contribution >= 4 is 100 Å². The van der Waals surface area contributed by atoms with E-state index in [1.807, 2.05) is 0 Å². The summed E-state index contributed by atoms with van der Waals surface area (Å²) in [6.45, 7) is 11.1. The fourth-order valence-corrected chi connectivity index (χ4v) is 11.5. The van der Waals surface area contributed by atoms with Crippen molar-refractivity contribution in [1.29, 1.82) is 0 Å². The number of fused-ring (bicyclic) bond motifs is 12. The highest BCUT2D eigenvalue weighted by molar-refractivity contribution is 6.30. The summed E-state index contributed by atoms with van der Waals surface area (Å²) in [5.74, 6) is -3.55. The lowest BCUT2D eigenvalue weighted by Gasteiger charge is -2.23. The lowest BCUT2D eigenvalue weighted by molar-refractivity contribution is -0.173. The zero-order chi connectivity index (χ0) is 48.6. The molecule has 0 aromatic heterocycles. The van der Waals surface area contributed by atoms with Crippen LogP contribution < -0.4 is 0 Å². The van der Waals surface area contributed by atoms with Crippen LogP contribution in [-0.2, 0) is 95.7 Å². The van der Waals surface area contributed by atoms with E-state index in [9.17, 15) is 28.8 Å². The second kappa shape index (κ2) is 17.2. The summed E-state index contributed by atoms with van der Waals surface area (Å²) in [5.41, 5.74) is 0.802. The number of benzene rings is 7. The van der Waals surface area contributed by atoms with Crippen LogP contribution in [0.25, 0.3) is 64.6 Å². The van der Waals surface area contributed by atoms with Gasteiger partial charge < -0.3 is 28.4 Å². The summed E-state index contributed by atoms with van der Waals surface area (Å²) >= 11 is 0. The second-order valence-electron chi connectivity index (χ2n) is 18.7. The van der Waals surface area contributed by atoms with Crippen LogP contribution in [0.4, 0.5) is 0 Å². The Morgan fingerprint density at radius 1 is 0.290 bits per heavy atom. The van der Waals surface area contributed by atoms with Crippen molar-refractivity contribution in [2.24, 2.45) is 16.2 Å². The third kappa shape index (κ3) is 7.07. The monoisotopic (exact) mass is 930 g/mol. The maximum atomic E-state index is 13.6. The summed E-state index contributed by atoms with van der Waals surface area (Å²) in [5, 5.41) is 11.4. The molecule has 0 aliphatic heterocycles. The molecule has 69 heavy (non-hydrogen) atoms. The summed E-state index contributed by atoms with van der Waals surface area (Å²) in [7, 11) is 0. The van der Waals surface area contributed by atoms with Crippen LogP contribution in [0.1, 0.15) is 74.9 Å². The van der Waals surface area contributed by atoms with Crippen LogP contribution in [0.5, 0.6) is 0 Å². The molecule has 3 aliphatic rings. The Kier molecular flexibility index (Phi) is 11.4. The van der Waals surface area contributed by atoms with Gasteiger partial charge in [0.1, 0.15) is 0 Å². The number of carbonyl (C=O) groups is 6. The first kappa shape index (κ1) is 45.7. The van der Waals surface area contributed by atoms with Crippen molar-refractivity contribution in [2.45, 2.75) is 80.1 Å². The normalized spacial score (nSPS) is 16.1. The van der Waals surface area contributed by atoms with Crippen molar-refractivity contribution in [2.75, 3.05) is 39.6 Å². The van der Waals surface area contributed by atoms with E-state index in [2.05, 4.69) is 72.8 Å². The Morgan fingerprint density at radius 3 is 0.565 bits per heavy atom. The molecule has 12 nitrogen and oxygen atoms in total. The number of carbonyl (C=O) groups excluding carboxylic acids is 6. The van der Waals surface area contributed by atoms with Crippen molar-refractivity contribution in [3.63, 3.8) is 0 Å². The predicted octanol–water partition coefficient (Wildman–Crippen LogP) is 9.24. The van der Waals surface area contributed by atoms with Gasteiger partial charge in [0.25, 0.3) is 0 Å². The molecule has 0 amide bonds. The van der Waals surface area contributed by atoms with Gasteiger partial charge in [-0.15, -0.1) is 0 Å². The summed E-state index contributed by atoms with van der Waals surface area (Å²) in [6.07, 6.45) is 0.948. The Hall–Kier alpha value is -7.08. The van der Waals surface area contributed by atoms with Crippen LogP contribution in [0.3, 0.4) is 0 Å². The Bertz CT molecular complexity index is 2790. The van der Waals surface area contributed by atoms with E-state index in [4.69, 9.17) is 28.4 Å². The Labute approximate surface area is 398 Å². The van der Waals surface area contributed by atoms with E-state index in [0.29, 0.717) is 0 Å². The summed E-state index contributed by atoms with van der Waals surface area (Å²) < 4.78 is 33.0. The molecule has 0 unspecified atom stereocenters. The molecular formula is C57H54O12. The average Bonchev–Trinajstić information content (AvgIpc) is 4.03. The summed E-state index contributed by atoms with van der Waals surface area (Å²) in [4.78, 5) is 81.5. The molecule has 0 N–H and O–H groups in total. The molecule has 0 spiro atoms. The van der Waals surface area contributed by atoms with Crippen molar-refractivity contribution in [3.8, 4) is 0 Å². The molecular weight excluding hydrogens is 877 g/mol. The van der Waals surface area contributed by atoms with E-state index in [1.165, 1.54) is 0 Å². The lowest BCUT2D eigenvalue weighted by Crippen LogP contribution is -2.43. The summed E-state index contributed by atoms with van der Waals surface area (Å²) in [6, 6.07) is 25.5. The topological polar surface area (TPSA) is 158 Å². The minimum Gasteiger partial charge on any atom is -0.465 e. The third-order valence-corrected chi connectivity index (χ3v) is 14.7. The van der Waals surface area contributed by atoms with E-state index in [0.717, 1.165) is 98.0 Å². The number of hydrogen-bond acceptors (Lipinski definition) is 12. The first-order valence-electron chi connectivity index (χ1n) is 24.1. The van der Waals surface area contributed by atoms with Crippen LogP contribution in [0.15, 0.2) is 72.8 Å². The van der Waals surface area contributed by atoms with Crippen LogP contribution in [-0.4, -0.2) is 75.5 Å². The molecule has 3 aliphatic carbocycles. The first-order valence-corrected chi connectivity index (χ1v) is 24.1. The van der Waals surface area contributed by atoms with Gasteiger partial charge in [-0.05, 0) is 214 Å². The van der Waals surface area contributed by atoms with Gasteiger partial charge in [0, 0.05) is 0 Å². The third-order valence-electron chi connectivity index (χ3n) is 14.7. The quantitative estimate of drug-likeness (QED) is 0.0377. The number of rotatable bonds is 12. The fraction of sp³-hybridized carbons (Fsp3) is 0.368. The van der Waals surface area contributed by atoms with Gasteiger partial charge in [-0.3, -0.25) is 28.8 Å². The van der Waals surface area contributed by atoms with E-state index in [1.54, 1.807) is 41.5 Å². The number of ether oxygens (including phenoxy) is 6. The van der Waals surface area contributed by atoms with Gasteiger partial charge >= 0.3 is 35.8 Å². The molecule has 0 fully saturated rings. The highest BCUT2D eigenvalue weighted by atomic mass is 16.6. The molecule has 10 rings (SSSR count). The molecule has 354 valence electrons. The molecule has 0 radical (unpaired) electrons. The maximum Gasteiger partial charge on any atom is 0.324 e. The van der Waals surface area contributed by atoms with Crippen molar-refractivity contribution in [1.82, 2.24) is 0 Å². The Balaban J connectivity index is 1.20. The van der Waals surface area contributed by atoms with Gasteiger partial charge in [-0.2, -0.15) is 0 Å². The Morgan fingerprint density at radius 2 is 0.435 bits per heavy atom. The van der Waals surface area contributed by atoms with Gasteiger partial charge in [0.2, 0.25) is 0 Å². The second-order valence-corrected chi connectivity index (χ2v) is 18.7. The van der Waals surface area contributed by atoms with Crippen molar-refractivity contribution < 1.29 is 57.2 Å². The van der Waals surface area contributed by atoms with Gasteiger partial charge in [0.15, 0.2) is 16.2 Å². The standard InChI is InChI=1S/C57H54O12/c1-7-64-49(58)55(50(59)65-8-2)25-37-13-31-19-43-44(20-32(31)14-38(37)26-55)46-22-34-16-40-28-57(53(62)68-11-5,54(63)69-12-6)30-42(40)18-36(34)24-48(46)47-23-35-17-41-29-56(51(60)66-9-3,52(61)67-10-4)27-39(41)15-33(35)21-45(43)47/h13-24H,7-12,25-30H2,1-6H3. The highest BCUT2D eigenvalue weighted by Crippen LogP contribution is 2.48. The van der Waals surface area contributed by atoms with Crippen LogP contribution in [0, 0.1) is 16.2 Å². The van der Waals surface area contributed by atoms with Crippen LogP contribution >= 0.6 is 0 Å². The zero-order valence-corrected chi connectivity index (χ0v) is 39.8. The van der Waals surface area contributed by atoms with Crippen molar-refractivity contribution in [3.05, 3.63) is 106 Å². The molecule has 7 aromatic rings. The van der Waals surface area contributed by atoms with Gasteiger partial charge in [-0.1, -0.05) is 36.4 Å². The highest BCUT2D eigenvalue weighted by Gasteiger charge is 2.55. The van der Waals surface area contributed by atoms with E-state index < -0.39 is 52.1 Å². The first-order chi connectivity index (χ1) is 33.3. The molecule has 0 saturated heterocycles. The average molecular weight is 931 g/mol. The van der Waals surface area contributed by atoms with Gasteiger partial charge in [0.05, 0.1) is 39.6 Å². The molecule has 0 heterocycles. The zero-order valence-electron chi connectivity index (χ0n) is 39.8. The molecule has 7 aromatic carbocycles. The van der Waals surface area contributed by atoms with E-state index >= 15 is 0 Å². The smallest absolute Gasteiger partial charge is 0.324 e.